The van der Waals surface area contributed by atoms with Gasteiger partial charge in [0, 0.05) is 6.04 Å². The molecule has 0 spiro atoms. The summed E-state index contributed by atoms with van der Waals surface area (Å²) >= 11 is 0. The molecule has 0 aliphatic heterocycles. The minimum atomic E-state index is -0.167. The molecule has 0 aromatic carbocycles. The van der Waals surface area contributed by atoms with Crippen LogP contribution in [0.4, 0.5) is 0 Å². The van der Waals surface area contributed by atoms with Crippen molar-refractivity contribution in [1.82, 2.24) is 0 Å². The van der Waals surface area contributed by atoms with Gasteiger partial charge in [-0.05, 0) is 38.5 Å². The first-order valence-corrected chi connectivity index (χ1v) is 6.20. The lowest BCUT2D eigenvalue weighted by Crippen LogP contribution is -2.36. The monoisotopic (exact) mass is 225 g/mol. The summed E-state index contributed by atoms with van der Waals surface area (Å²) in [5, 5.41) is 0. The number of allylic oxidation sites excluding steroid dienone is 2. The molecule has 16 heavy (non-hydrogen) atoms. The minimum Gasteiger partial charge on any atom is -0.469 e. The molecule has 3 nitrogen and oxygen atoms in total. The third-order valence-electron chi connectivity index (χ3n) is 3.36. The predicted octanol–water partition coefficient (Wildman–Crippen LogP) is 2.40. The maximum Gasteiger partial charge on any atom is 0.310 e. The van der Waals surface area contributed by atoms with E-state index >= 15 is 0 Å². The largest absolute Gasteiger partial charge is 0.469 e. The Morgan fingerprint density at radius 1 is 1.56 bits per heavy atom. The van der Waals surface area contributed by atoms with Crippen molar-refractivity contribution in [1.29, 1.82) is 0 Å². The van der Waals surface area contributed by atoms with Crippen molar-refractivity contribution in [2.45, 2.75) is 51.5 Å². The molecule has 92 valence electrons. The molecule has 0 unspecified atom stereocenters. The summed E-state index contributed by atoms with van der Waals surface area (Å²) < 4.78 is 4.83. The van der Waals surface area contributed by atoms with Gasteiger partial charge in [0.1, 0.15) is 0 Å². The molecule has 1 rings (SSSR count). The number of hydrogen-bond acceptors (Lipinski definition) is 3. The van der Waals surface area contributed by atoms with E-state index in [1.54, 1.807) is 0 Å². The van der Waals surface area contributed by atoms with Gasteiger partial charge in [-0.1, -0.05) is 18.6 Å². The number of methoxy groups -OCH3 is 1. The smallest absolute Gasteiger partial charge is 0.310 e. The Labute approximate surface area is 98.0 Å². The van der Waals surface area contributed by atoms with Crippen LogP contribution in [0.3, 0.4) is 0 Å². The van der Waals surface area contributed by atoms with Gasteiger partial charge in [-0.15, -0.1) is 0 Å². The van der Waals surface area contributed by atoms with Crippen molar-refractivity contribution in [3.05, 3.63) is 11.6 Å². The average molecular weight is 225 g/mol. The van der Waals surface area contributed by atoms with Crippen LogP contribution in [0.5, 0.6) is 0 Å². The number of hydrogen-bond donors (Lipinski definition) is 1. The Kier molecular flexibility index (Phi) is 5.53. The molecular weight excluding hydrogens is 202 g/mol. The second-order valence-corrected chi connectivity index (χ2v) is 4.51. The topological polar surface area (TPSA) is 52.3 Å². The van der Waals surface area contributed by atoms with Crippen LogP contribution in [-0.4, -0.2) is 19.1 Å². The highest BCUT2D eigenvalue weighted by Crippen LogP contribution is 2.26. The second kappa shape index (κ2) is 6.69. The lowest BCUT2D eigenvalue weighted by Gasteiger charge is -2.23. The number of carbonyl (C=O) groups excluding carboxylic acids is 1. The molecule has 0 aromatic rings. The van der Waals surface area contributed by atoms with E-state index in [0.717, 1.165) is 25.7 Å². The van der Waals surface area contributed by atoms with Crippen molar-refractivity contribution < 1.29 is 9.53 Å². The van der Waals surface area contributed by atoms with Gasteiger partial charge in [0.15, 0.2) is 0 Å². The molecule has 0 saturated heterocycles. The molecule has 1 aliphatic carbocycles. The van der Waals surface area contributed by atoms with Crippen molar-refractivity contribution in [2.75, 3.05) is 7.11 Å². The predicted molar refractivity (Wildman–Crippen MR) is 64.9 cm³/mol. The van der Waals surface area contributed by atoms with E-state index in [-0.39, 0.29) is 17.9 Å². The highest BCUT2D eigenvalue weighted by molar-refractivity contribution is 5.73. The molecule has 0 amide bonds. The zero-order chi connectivity index (χ0) is 12.0. The number of nitrogens with two attached hydrogens (primary N) is 1. The summed E-state index contributed by atoms with van der Waals surface area (Å²) in [5.41, 5.74) is 7.36. The van der Waals surface area contributed by atoms with Gasteiger partial charge in [-0.25, -0.2) is 0 Å². The van der Waals surface area contributed by atoms with Crippen LogP contribution in [-0.2, 0) is 9.53 Å². The van der Waals surface area contributed by atoms with Gasteiger partial charge in [0.2, 0.25) is 0 Å². The Morgan fingerprint density at radius 3 is 2.81 bits per heavy atom. The molecule has 0 fully saturated rings. The highest BCUT2D eigenvalue weighted by Gasteiger charge is 2.26. The maximum atomic E-state index is 11.7. The normalized spacial score (nSPS) is 19.8. The first-order valence-electron chi connectivity index (χ1n) is 6.20. The maximum absolute atomic E-state index is 11.7. The van der Waals surface area contributed by atoms with Gasteiger partial charge in [-0.3, -0.25) is 4.79 Å². The second-order valence-electron chi connectivity index (χ2n) is 4.51. The van der Waals surface area contributed by atoms with Crippen molar-refractivity contribution in [3.8, 4) is 0 Å². The van der Waals surface area contributed by atoms with Crippen LogP contribution in [0.1, 0.15) is 45.4 Å². The van der Waals surface area contributed by atoms with E-state index in [1.807, 2.05) is 6.92 Å². The number of rotatable bonds is 5. The fourth-order valence-electron chi connectivity index (χ4n) is 2.22. The van der Waals surface area contributed by atoms with E-state index in [1.165, 1.54) is 25.5 Å². The van der Waals surface area contributed by atoms with Gasteiger partial charge in [-0.2, -0.15) is 0 Å². The fourth-order valence-corrected chi connectivity index (χ4v) is 2.22. The fraction of sp³-hybridized carbons (Fsp3) is 0.769. The molecule has 3 heteroatoms. The number of carbonyl (C=O) groups is 1. The van der Waals surface area contributed by atoms with E-state index in [2.05, 4.69) is 6.08 Å². The average Bonchev–Trinajstić information content (AvgIpc) is 2.35. The number of ether oxygens (including phenoxy) is 1. The van der Waals surface area contributed by atoms with Crippen LogP contribution >= 0.6 is 0 Å². The third kappa shape index (κ3) is 3.63. The van der Waals surface area contributed by atoms with Crippen LogP contribution in [0.25, 0.3) is 0 Å². The van der Waals surface area contributed by atoms with Gasteiger partial charge in [0.05, 0.1) is 13.0 Å². The van der Waals surface area contributed by atoms with Gasteiger partial charge in [0.25, 0.3) is 0 Å². The van der Waals surface area contributed by atoms with Crippen molar-refractivity contribution in [3.63, 3.8) is 0 Å². The lowest BCUT2D eigenvalue weighted by atomic mass is 9.86. The quantitative estimate of drug-likeness (QED) is 0.577. The molecule has 0 aromatic heterocycles. The Hall–Kier alpha value is -0.830. The summed E-state index contributed by atoms with van der Waals surface area (Å²) in [7, 11) is 1.44. The zero-order valence-corrected chi connectivity index (χ0v) is 10.4. The Bertz CT molecular complexity index is 261. The lowest BCUT2D eigenvalue weighted by molar-refractivity contribution is -0.146. The summed E-state index contributed by atoms with van der Waals surface area (Å²) in [5.74, 6) is -0.333. The zero-order valence-electron chi connectivity index (χ0n) is 10.4. The van der Waals surface area contributed by atoms with Crippen molar-refractivity contribution >= 4 is 5.97 Å². The number of esters is 1. The SMILES string of the molecule is CC[C@@H](N)[C@@H](CC1=CCCCC1)C(=O)OC. The van der Waals surface area contributed by atoms with Gasteiger partial charge < -0.3 is 10.5 Å². The molecule has 2 N–H and O–H groups in total. The summed E-state index contributed by atoms with van der Waals surface area (Å²) in [4.78, 5) is 11.7. The molecule has 1 aliphatic rings. The molecule has 0 heterocycles. The summed E-state index contributed by atoms with van der Waals surface area (Å²) in [6.45, 7) is 2.01. The molecular formula is C13H23NO2. The first-order chi connectivity index (χ1) is 7.69. The van der Waals surface area contributed by atoms with Crippen LogP contribution in [0.15, 0.2) is 11.6 Å². The van der Waals surface area contributed by atoms with Gasteiger partial charge >= 0.3 is 5.97 Å². The standard InChI is InChI=1S/C13H23NO2/c1-3-12(14)11(13(15)16-2)9-10-7-5-4-6-8-10/h7,11-12H,3-6,8-9,14H2,1-2H3/t11-,12-/m1/s1. The first kappa shape index (κ1) is 13.2. The van der Waals surface area contributed by atoms with Crippen LogP contribution in [0, 0.1) is 5.92 Å². The molecule has 0 saturated carbocycles. The van der Waals surface area contributed by atoms with Crippen LogP contribution < -0.4 is 5.73 Å². The Morgan fingerprint density at radius 2 is 2.31 bits per heavy atom. The minimum absolute atomic E-state index is 0.0877. The van der Waals surface area contributed by atoms with Crippen molar-refractivity contribution in [2.24, 2.45) is 11.7 Å². The summed E-state index contributed by atoms with van der Waals surface area (Å²) in [6.07, 6.45) is 8.62. The summed E-state index contributed by atoms with van der Waals surface area (Å²) in [6, 6.07) is -0.0877. The molecule has 0 radical (unpaired) electrons. The van der Waals surface area contributed by atoms with E-state index in [0.29, 0.717) is 0 Å². The molecule has 2 atom stereocenters. The van der Waals surface area contributed by atoms with E-state index < -0.39 is 0 Å². The highest BCUT2D eigenvalue weighted by atomic mass is 16.5. The Balaban J connectivity index is 2.62. The third-order valence-corrected chi connectivity index (χ3v) is 3.36. The van der Waals surface area contributed by atoms with Crippen LogP contribution in [0.2, 0.25) is 0 Å². The molecule has 0 bridgehead atoms. The van der Waals surface area contributed by atoms with E-state index in [4.69, 9.17) is 10.5 Å². The van der Waals surface area contributed by atoms with E-state index in [9.17, 15) is 4.79 Å².